The molecule has 0 amide bonds. The minimum atomic E-state index is -0.677. The summed E-state index contributed by atoms with van der Waals surface area (Å²) in [7, 11) is 5.25. The van der Waals surface area contributed by atoms with Gasteiger partial charge in [0.1, 0.15) is 5.41 Å². The average Bonchev–Trinajstić information content (AvgIpc) is 3.67. The second-order valence-corrected chi connectivity index (χ2v) is 16.0. The minimum Gasteiger partial charge on any atom is -0.469 e. The molecule has 4 aliphatic heterocycles. The van der Waals surface area contributed by atoms with Crippen LogP contribution < -0.4 is 0 Å². The summed E-state index contributed by atoms with van der Waals surface area (Å²) < 4.78 is 11.2. The van der Waals surface area contributed by atoms with Gasteiger partial charge in [-0.25, -0.2) is 0 Å². The monoisotopic (exact) mass is 674 g/mol. The Balaban J connectivity index is 1.22. The van der Waals surface area contributed by atoms with Crippen molar-refractivity contribution in [1.82, 2.24) is 19.8 Å². The first-order valence-electron chi connectivity index (χ1n) is 18.8. The van der Waals surface area contributed by atoms with Gasteiger partial charge in [0, 0.05) is 70.8 Å². The molecule has 262 valence electrons. The highest BCUT2D eigenvalue weighted by atomic mass is 16.5. The molecule has 50 heavy (non-hydrogen) atoms. The molecule has 3 saturated heterocycles. The maximum absolute atomic E-state index is 14.1. The van der Waals surface area contributed by atoms with E-state index in [0.717, 1.165) is 68.5 Å². The zero-order chi connectivity index (χ0) is 34.5. The summed E-state index contributed by atoms with van der Waals surface area (Å²) in [4.78, 5) is 40.6. The van der Waals surface area contributed by atoms with Crippen molar-refractivity contribution in [3.05, 3.63) is 82.2 Å². The van der Waals surface area contributed by atoms with Gasteiger partial charge in [-0.1, -0.05) is 55.3 Å². The number of likely N-dealkylation sites (N-methyl/N-ethyl adjacent to an activating group) is 1. The molecule has 6 heterocycles. The molecular formula is C42H50N4O4. The molecule has 4 aromatic rings. The molecule has 8 nitrogen and oxygen atoms in total. The summed E-state index contributed by atoms with van der Waals surface area (Å²) in [5, 5.41) is 2.45. The lowest BCUT2D eigenvalue weighted by atomic mass is 9.56. The Morgan fingerprint density at radius 1 is 1.02 bits per heavy atom. The van der Waals surface area contributed by atoms with Crippen molar-refractivity contribution < 1.29 is 19.1 Å². The van der Waals surface area contributed by atoms with E-state index in [2.05, 4.69) is 89.2 Å². The van der Waals surface area contributed by atoms with E-state index in [9.17, 15) is 9.59 Å². The van der Waals surface area contributed by atoms with Crippen LogP contribution in [0.1, 0.15) is 73.5 Å². The van der Waals surface area contributed by atoms with Crippen molar-refractivity contribution in [3.63, 3.8) is 0 Å². The Morgan fingerprint density at radius 3 is 2.62 bits per heavy atom. The predicted octanol–water partition coefficient (Wildman–Crippen LogP) is 6.48. The number of esters is 2. The standard InChI is InChI=1S/C42H50N4O4/c1-6-24-16-23-20-42(41(48)50-5)38-29(14-15-46(21-23)39(24)42)28-13-12-26(17-34(28)44-38)31-18-30-25(7-2)22-45(3)35(36(30)40(47)49-4)19-32-27-10-8-9-11-33(27)43-37(31)32/h7-13,17,23-24,30-31,35-36,39,43-44H,6,14-16,18-22H2,1-5H3/b25-7+/t23-,24+,30+,31-,35+,36+,39+,42-/m1/s1. The maximum atomic E-state index is 14.1. The van der Waals surface area contributed by atoms with E-state index in [1.807, 2.05) is 0 Å². The first kappa shape index (κ1) is 32.1. The highest BCUT2D eigenvalue weighted by Crippen LogP contribution is 2.56. The highest BCUT2D eigenvalue weighted by molar-refractivity contribution is 5.92. The zero-order valence-corrected chi connectivity index (χ0v) is 30.1. The van der Waals surface area contributed by atoms with Gasteiger partial charge in [-0.05, 0) is 92.7 Å². The van der Waals surface area contributed by atoms with Crippen LogP contribution in [0.2, 0.25) is 0 Å². The molecule has 2 aliphatic carbocycles. The fourth-order valence-electron chi connectivity index (χ4n) is 11.8. The number of nitrogens with zero attached hydrogens (tertiary/aromatic N) is 2. The lowest BCUT2D eigenvalue weighted by Crippen LogP contribution is -2.67. The van der Waals surface area contributed by atoms with Gasteiger partial charge in [-0.2, -0.15) is 0 Å². The molecule has 9 atom stereocenters. The number of para-hydroxylation sites is 1. The Kier molecular flexibility index (Phi) is 7.59. The number of aromatic nitrogens is 2. The fraction of sp³-hybridized carbons (Fsp3) is 0.524. The minimum absolute atomic E-state index is 0.0431. The van der Waals surface area contributed by atoms with Crippen molar-refractivity contribution in [2.45, 2.75) is 75.8 Å². The molecule has 6 bridgehead atoms. The van der Waals surface area contributed by atoms with E-state index in [1.165, 1.54) is 52.3 Å². The summed E-state index contributed by atoms with van der Waals surface area (Å²) in [5.41, 5.74) is 9.01. The number of hydrogen-bond donors (Lipinski definition) is 2. The molecule has 0 spiro atoms. The smallest absolute Gasteiger partial charge is 0.319 e. The number of piperidine rings is 3. The number of allylic oxidation sites excluding steroid dienone is 1. The molecule has 1 saturated carbocycles. The summed E-state index contributed by atoms with van der Waals surface area (Å²) >= 11 is 0. The molecule has 10 rings (SSSR count). The molecule has 2 N–H and O–H groups in total. The van der Waals surface area contributed by atoms with Crippen molar-refractivity contribution >= 4 is 33.7 Å². The lowest BCUT2D eigenvalue weighted by molar-refractivity contribution is -0.162. The largest absolute Gasteiger partial charge is 0.469 e. The number of benzene rings is 2. The van der Waals surface area contributed by atoms with Gasteiger partial charge in [0.15, 0.2) is 0 Å². The lowest BCUT2D eigenvalue weighted by Gasteiger charge is -2.57. The zero-order valence-electron chi connectivity index (χ0n) is 30.1. The second-order valence-electron chi connectivity index (χ2n) is 16.0. The number of likely N-dealkylation sites (tertiary alicyclic amines) is 1. The van der Waals surface area contributed by atoms with Gasteiger partial charge >= 0.3 is 11.9 Å². The molecule has 2 aromatic carbocycles. The van der Waals surface area contributed by atoms with Gasteiger partial charge in [0.05, 0.1) is 20.1 Å². The number of carbonyl (C=O) groups is 2. The SMILES string of the molecule is C/C=C1\CN(C)[C@H]2Cc3c([nH]c4ccccc34)[C@@H](c3ccc4c5c([nH]c4c3)[C@]3(C(=O)OC)C[C@H]4C[C@H](CC)[C@@H]3N(CC5)C4)C[C@@H]1[C@@H]2C(=O)OC. The molecule has 8 heteroatoms. The van der Waals surface area contributed by atoms with E-state index < -0.39 is 5.41 Å². The third-order valence-electron chi connectivity index (χ3n) is 13.9. The van der Waals surface area contributed by atoms with Crippen LogP contribution in [0.5, 0.6) is 0 Å². The van der Waals surface area contributed by atoms with E-state index in [0.29, 0.717) is 11.8 Å². The van der Waals surface area contributed by atoms with Crippen LogP contribution in [0, 0.1) is 23.7 Å². The van der Waals surface area contributed by atoms with Gasteiger partial charge in [0.2, 0.25) is 0 Å². The fourth-order valence-corrected chi connectivity index (χ4v) is 11.8. The Hall–Kier alpha value is -3.88. The van der Waals surface area contributed by atoms with Gasteiger partial charge in [-0.3, -0.25) is 19.4 Å². The number of nitrogens with one attached hydrogen (secondary N) is 2. The normalized spacial score (nSPS) is 34.1. The van der Waals surface area contributed by atoms with Gasteiger partial charge in [-0.15, -0.1) is 0 Å². The molecule has 4 fully saturated rings. The third kappa shape index (κ3) is 4.43. The van der Waals surface area contributed by atoms with Crippen LogP contribution >= 0.6 is 0 Å². The number of fused-ring (bicyclic) bond motifs is 9. The first-order valence-corrected chi connectivity index (χ1v) is 18.8. The van der Waals surface area contributed by atoms with E-state index >= 15 is 0 Å². The maximum Gasteiger partial charge on any atom is 0.319 e. The van der Waals surface area contributed by atoms with Crippen LogP contribution in [0.3, 0.4) is 0 Å². The molecule has 0 radical (unpaired) electrons. The van der Waals surface area contributed by atoms with E-state index in [4.69, 9.17) is 9.47 Å². The molecule has 1 unspecified atom stereocenters. The van der Waals surface area contributed by atoms with E-state index in [1.54, 1.807) is 7.11 Å². The second kappa shape index (κ2) is 11.8. The number of carbonyl (C=O) groups excluding carboxylic acids is 2. The van der Waals surface area contributed by atoms with Crippen LogP contribution in [-0.2, 0) is 37.3 Å². The van der Waals surface area contributed by atoms with Gasteiger partial charge < -0.3 is 19.4 Å². The highest BCUT2D eigenvalue weighted by Gasteiger charge is 2.62. The van der Waals surface area contributed by atoms with Crippen molar-refractivity contribution in [1.29, 1.82) is 0 Å². The van der Waals surface area contributed by atoms with Crippen molar-refractivity contribution in [2.75, 3.05) is 40.9 Å². The van der Waals surface area contributed by atoms with Crippen LogP contribution in [0.15, 0.2) is 54.1 Å². The van der Waals surface area contributed by atoms with E-state index in [-0.39, 0.29) is 41.8 Å². The number of ether oxygens (including phenoxy) is 2. The first-order chi connectivity index (χ1) is 24.3. The number of rotatable bonds is 4. The summed E-state index contributed by atoms with van der Waals surface area (Å²) in [6.07, 6.45) is 7.84. The average molecular weight is 675 g/mol. The molecule has 2 aromatic heterocycles. The summed E-state index contributed by atoms with van der Waals surface area (Å²) in [5.74, 6) is 0.619. The summed E-state index contributed by atoms with van der Waals surface area (Å²) in [6.45, 7) is 7.29. The predicted molar refractivity (Wildman–Crippen MR) is 195 cm³/mol. The quantitative estimate of drug-likeness (QED) is 0.190. The molecular weight excluding hydrogens is 624 g/mol. The Morgan fingerprint density at radius 2 is 1.84 bits per heavy atom. The van der Waals surface area contributed by atoms with Gasteiger partial charge in [0.25, 0.3) is 0 Å². The Bertz CT molecular complexity index is 2040. The van der Waals surface area contributed by atoms with Crippen LogP contribution in [0.4, 0.5) is 0 Å². The summed E-state index contributed by atoms with van der Waals surface area (Å²) in [6, 6.07) is 15.8. The number of aromatic amines is 2. The molecule has 6 aliphatic rings. The van der Waals surface area contributed by atoms with Crippen molar-refractivity contribution in [2.24, 2.45) is 23.7 Å². The number of H-pyrrole nitrogens is 2. The topological polar surface area (TPSA) is 90.7 Å². The van der Waals surface area contributed by atoms with Crippen LogP contribution in [0.25, 0.3) is 21.8 Å². The van der Waals surface area contributed by atoms with Crippen LogP contribution in [-0.4, -0.2) is 84.7 Å². The number of methoxy groups -OCH3 is 2. The Labute approximate surface area is 294 Å². The number of hydrogen-bond acceptors (Lipinski definition) is 6. The van der Waals surface area contributed by atoms with Crippen molar-refractivity contribution in [3.8, 4) is 0 Å². The third-order valence-corrected chi connectivity index (χ3v) is 13.9.